The van der Waals surface area contributed by atoms with Crippen molar-refractivity contribution < 1.29 is 9.53 Å². The Hall–Kier alpha value is -2.03. The zero-order chi connectivity index (χ0) is 15.1. The number of anilines is 1. The molecule has 21 heavy (non-hydrogen) atoms. The summed E-state index contributed by atoms with van der Waals surface area (Å²) in [6, 6.07) is 8.85. The summed E-state index contributed by atoms with van der Waals surface area (Å²) in [5.41, 5.74) is 0.766. The van der Waals surface area contributed by atoms with Crippen molar-refractivity contribution in [2.24, 2.45) is 0 Å². The minimum Gasteiger partial charge on any atom is -0.376 e. The molecule has 2 N–H and O–H groups in total. The van der Waals surface area contributed by atoms with Crippen LogP contribution in [0.3, 0.4) is 0 Å². The van der Waals surface area contributed by atoms with Crippen LogP contribution in [0.25, 0.3) is 0 Å². The van der Waals surface area contributed by atoms with Crippen molar-refractivity contribution >= 4 is 23.2 Å². The van der Waals surface area contributed by atoms with Crippen molar-refractivity contribution in [2.75, 3.05) is 18.5 Å². The summed E-state index contributed by atoms with van der Waals surface area (Å²) in [6.07, 6.45) is 3.39. The molecule has 6 heteroatoms. The van der Waals surface area contributed by atoms with Crippen molar-refractivity contribution in [1.29, 1.82) is 5.26 Å². The number of ether oxygens (including phenoxy) is 1. The minimum atomic E-state index is -0.408. The highest BCUT2D eigenvalue weighted by Crippen LogP contribution is 2.14. The van der Waals surface area contributed by atoms with Crippen LogP contribution < -0.4 is 10.6 Å². The number of carbonyl (C=O) groups is 1. The maximum Gasteiger partial charge on any atom is 0.263 e. The van der Waals surface area contributed by atoms with E-state index < -0.39 is 5.91 Å². The Morgan fingerprint density at radius 1 is 1.48 bits per heavy atom. The molecule has 5 nitrogen and oxygen atoms in total. The zero-order valence-corrected chi connectivity index (χ0v) is 12.2. The molecule has 1 saturated heterocycles. The summed E-state index contributed by atoms with van der Waals surface area (Å²) in [6.45, 7) is 1.17. The van der Waals surface area contributed by atoms with E-state index in [1.807, 2.05) is 6.07 Å². The Morgan fingerprint density at radius 2 is 2.24 bits per heavy atom. The first-order valence-electron chi connectivity index (χ1n) is 6.71. The van der Waals surface area contributed by atoms with Crippen LogP contribution in [0.1, 0.15) is 12.8 Å². The summed E-state index contributed by atoms with van der Waals surface area (Å²) < 4.78 is 5.41. The van der Waals surface area contributed by atoms with Crippen molar-refractivity contribution in [3.63, 3.8) is 0 Å². The number of nitrogens with zero attached hydrogens (tertiary/aromatic N) is 1. The predicted octanol–water partition coefficient (Wildman–Crippen LogP) is 2.45. The second kappa shape index (κ2) is 7.67. The molecule has 0 aromatic heterocycles. The molecule has 110 valence electrons. The third-order valence-electron chi connectivity index (χ3n) is 3.11. The van der Waals surface area contributed by atoms with Crippen LogP contribution in [0, 0.1) is 11.3 Å². The largest absolute Gasteiger partial charge is 0.376 e. The van der Waals surface area contributed by atoms with Gasteiger partial charge in [-0.2, -0.15) is 5.26 Å². The maximum atomic E-state index is 11.9. The van der Waals surface area contributed by atoms with Gasteiger partial charge in [0.2, 0.25) is 0 Å². The van der Waals surface area contributed by atoms with E-state index in [1.165, 1.54) is 6.20 Å². The molecule has 1 aliphatic heterocycles. The highest BCUT2D eigenvalue weighted by atomic mass is 35.5. The molecule has 1 heterocycles. The van der Waals surface area contributed by atoms with Gasteiger partial charge in [0.1, 0.15) is 11.6 Å². The molecule has 0 bridgehead atoms. The van der Waals surface area contributed by atoms with Crippen LogP contribution in [0.15, 0.2) is 36.0 Å². The molecule has 0 aliphatic carbocycles. The van der Waals surface area contributed by atoms with Crippen LogP contribution in [0.5, 0.6) is 0 Å². The number of halogens is 1. The highest BCUT2D eigenvalue weighted by molar-refractivity contribution is 6.30. The number of hydrogen-bond acceptors (Lipinski definition) is 4. The van der Waals surface area contributed by atoms with Gasteiger partial charge in [0.25, 0.3) is 5.91 Å². The van der Waals surface area contributed by atoms with Crippen molar-refractivity contribution in [3.8, 4) is 6.07 Å². The lowest BCUT2D eigenvalue weighted by molar-refractivity contribution is -0.117. The monoisotopic (exact) mass is 305 g/mol. The summed E-state index contributed by atoms with van der Waals surface area (Å²) in [5, 5.41) is 15.3. The standard InChI is InChI=1S/C15H16ClN3O2/c16-12-3-5-13(6-4-12)18-9-11(8-17)15(20)19-10-14-2-1-7-21-14/h3-6,9,14,18H,1-2,7,10H2,(H,19,20)/b11-9-. The zero-order valence-electron chi connectivity index (χ0n) is 11.4. The molecule has 1 fully saturated rings. The molecule has 0 spiro atoms. The van der Waals surface area contributed by atoms with E-state index >= 15 is 0 Å². The Morgan fingerprint density at radius 3 is 2.86 bits per heavy atom. The van der Waals surface area contributed by atoms with Crippen LogP contribution >= 0.6 is 11.6 Å². The summed E-state index contributed by atoms with van der Waals surface area (Å²) in [5.74, 6) is -0.408. The number of nitrogens with one attached hydrogen (secondary N) is 2. The van der Waals surface area contributed by atoms with E-state index in [0.29, 0.717) is 11.6 Å². The first-order valence-corrected chi connectivity index (χ1v) is 7.09. The molecule has 1 atom stereocenters. The van der Waals surface area contributed by atoms with Crippen molar-refractivity contribution in [1.82, 2.24) is 5.32 Å². The quantitative estimate of drug-likeness (QED) is 0.647. The van der Waals surface area contributed by atoms with Crippen molar-refractivity contribution in [2.45, 2.75) is 18.9 Å². The lowest BCUT2D eigenvalue weighted by Gasteiger charge is -2.10. The molecule has 1 unspecified atom stereocenters. The highest BCUT2D eigenvalue weighted by Gasteiger charge is 2.17. The van der Waals surface area contributed by atoms with Gasteiger partial charge in [-0.1, -0.05) is 11.6 Å². The number of amides is 1. The summed E-state index contributed by atoms with van der Waals surface area (Å²) in [4.78, 5) is 11.9. The topological polar surface area (TPSA) is 74.2 Å². The Bertz CT molecular complexity index is 557. The SMILES string of the molecule is N#C/C(=C/Nc1ccc(Cl)cc1)C(=O)NCC1CCCO1. The Labute approximate surface area is 128 Å². The molecule has 0 radical (unpaired) electrons. The van der Waals surface area contributed by atoms with Gasteiger partial charge in [-0.15, -0.1) is 0 Å². The fourth-order valence-electron chi connectivity index (χ4n) is 1.96. The third kappa shape index (κ3) is 4.78. The smallest absolute Gasteiger partial charge is 0.263 e. The van der Waals surface area contributed by atoms with E-state index in [1.54, 1.807) is 24.3 Å². The average Bonchev–Trinajstić information content (AvgIpc) is 3.01. The lowest BCUT2D eigenvalue weighted by atomic mass is 10.2. The first kappa shape index (κ1) is 15.4. The number of rotatable bonds is 5. The van der Waals surface area contributed by atoms with Gasteiger partial charge >= 0.3 is 0 Å². The van der Waals surface area contributed by atoms with Crippen LogP contribution in [0.2, 0.25) is 5.02 Å². The van der Waals surface area contributed by atoms with E-state index in [9.17, 15) is 4.79 Å². The number of hydrogen-bond donors (Lipinski definition) is 2. The Balaban J connectivity index is 1.88. The number of carbonyl (C=O) groups excluding carboxylic acids is 1. The fourth-order valence-corrected chi connectivity index (χ4v) is 2.08. The number of benzene rings is 1. The predicted molar refractivity (Wildman–Crippen MR) is 80.8 cm³/mol. The first-order chi connectivity index (χ1) is 10.2. The molecule has 1 aliphatic rings. The molecular weight excluding hydrogens is 290 g/mol. The molecule has 1 aromatic carbocycles. The van der Waals surface area contributed by atoms with Crippen LogP contribution in [0.4, 0.5) is 5.69 Å². The van der Waals surface area contributed by atoms with Gasteiger partial charge in [-0.25, -0.2) is 0 Å². The molecular formula is C15H16ClN3O2. The van der Waals surface area contributed by atoms with E-state index in [-0.39, 0.29) is 11.7 Å². The summed E-state index contributed by atoms with van der Waals surface area (Å²) in [7, 11) is 0. The molecule has 0 saturated carbocycles. The third-order valence-corrected chi connectivity index (χ3v) is 3.36. The van der Waals surface area contributed by atoms with Crippen LogP contribution in [-0.4, -0.2) is 25.2 Å². The molecule has 1 amide bonds. The maximum absolute atomic E-state index is 11.9. The number of nitriles is 1. The van der Waals surface area contributed by atoms with Gasteiger partial charge in [-0.3, -0.25) is 4.79 Å². The van der Waals surface area contributed by atoms with Gasteiger partial charge < -0.3 is 15.4 Å². The normalized spacial score (nSPS) is 18.1. The lowest BCUT2D eigenvalue weighted by Crippen LogP contribution is -2.32. The summed E-state index contributed by atoms with van der Waals surface area (Å²) >= 11 is 5.78. The second-order valence-corrected chi connectivity index (χ2v) is 5.10. The average molecular weight is 306 g/mol. The van der Waals surface area contributed by atoms with Gasteiger partial charge in [0.05, 0.1) is 6.10 Å². The fraction of sp³-hybridized carbons (Fsp3) is 0.333. The second-order valence-electron chi connectivity index (χ2n) is 4.67. The Kier molecular flexibility index (Phi) is 5.61. The van der Waals surface area contributed by atoms with Gasteiger partial charge in [0, 0.05) is 30.1 Å². The van der Waals surface area contributed by atoms with E-state index in [0.717, 1.165) is 25.1 Å². The van der Waals surface area contributed by atoms with E-state index in [2.05, 4.69) is 10.6 Å². The van der Waals surface area contributed by atoms with Gasteiger partial charge in [0.15, 0.2) is 0 Å². The van der Waals surface area contributed by atoms with Crippen LogP contribution in [-0.2, 0) is 9.53 Å². The molecule has 1 aromatic rings. The van der Waals surface area contributed by atoms with Crippen molar-refractivity contribution in [3.05, 3.63) is 41.1 Å². The van der Waals surface area contributed by atoms with E-state index in [4.69, 9.17) is 21.6 Å². The van der Waals surface area contributed by atoms with Gasteiger partial charge in [-0.05, 0) is 37.1 Å². The minimum absolute atomic E-state index is 0.0166. The molecule has 2 rings (SSSR count).